The van der Waals surface area contributed by atoms with Crippen molar-refractivity contribution in [1.29, 1.82) is 0 Å². The van der Waals surface area contributed by atoms with Gasteiger partial charge >= 0.3 is 0 Å². The number of ether oxygens (including phenoxy) is 1. The van der Waals surface area contributed by atoms with Crippen LogP contribution in [0.1, 0.15) is 37.9 Å². The number of carbonyl (C=O) groups is 1. The van der Waals surface area contributed by atoms with E-state index < -0.39 is 0 Å². The van der Waals surface area contributed by atoms with E-state index in [9.17, 15) is 4.79 Å². The van der Waals surface area contributed by atoms with E-state index in [-0.39, 0.29) is 18.1 Å². The number of likely N-dealkylation sites (N-methyl/N-ethyl adjacent to an activating group) is 1. The molecule has 0 bridgehead atoms. The lowest BCUT2D eigenvalue weighted by Gasteiger charge is -2.26. The van der Waals surface area contributed by atoms with Crippen LogP contribution < -0.4 is 10.1 Å². The van der Waals surface area contributed by atoms with Gasteiger partial charge in [-0.05, 0) is 39.1 Å². The van der Waals surface area contributed by atoms with Gasteiger partial charge in [0.1, 0.15) is 11.8 Å². The average Bonchev–Trinajstić information content (AvgIpc) is 2.61. The third-order valence-electron chi connectivity index (χ3n) is 4.09. The van der Waals surface area contributed by atoms with E-state index in [0.29, 0.717) is 6.54 Å². The molecule has 1 amide bonds. The van der Waals surface area contributed by atoms with E-state index in [4.69, 9.17) is 4.74 Å². The van der Waals surface area contributed by atoms with E-state index in [2.05, 4.69) is 12.2 Å². The van der Waals surface area contributed by atoms with E-state index in [1.807, 2.05) is 80.4 Å². The van der Waals surface area contributed by atoms with Gasteiger partial charge in [0.2, 0.25) is 5.91 Å². The molecule has 0 saturated heterocycles. The Labute approximate surface area is 150 Å². The predicted octanol–water partition coefficient (Wildman–Crippen LogP) is 3.78. The van der Waals surface area contributed by atoms with Gasteiger partial charge in [0.05, 0.1) is 6.10 Å². The van der Waals surface area contributed by atoms with Crippen molar-refractivity contribution in [3.63, 3.8) is 0 Å². The van der Waals surface area contributed by atoms with Crippen LogP contribution in [0.2, 0.25) is 0 Å². The fraction of sp³-hybridized carbons (Fsp3) is 0.381. The summed E-state index contributed by atoms with van der Waals surface area (Å²) in [5, 5.41) is 3.07. The van der Waals surface area contributed by atoms with Gasteiger partial charge in [0.25, 0.3) is 0 Å². The Balaban J connectivity index is 2.12. The summed E-state index contributed by atoms with van der Waals surface area (Å²) in [6.07, 6.45) is 0.0974. The fourth-order valence-electron chi connectivity index (χ4n) is 2.72. The Bertz CT molecular complexity index is 671. The first-order valence-corrected chi connectivity index (χ1v) is 8.80. The zero-order chi connectivity index (χ0) is 18.2. The minimum atomic E-state index is -0.302. The maximum absolute atomic E-state index is 12.9. The SMILES string of the molecule is CCN(C)C(C(=O)NCc1ccccc1OC(C)C)c1ccccc1. The molecule has 1 atom stereocenters. The highest BCUT2D eigenvalue weighted by molar-refractivity contribution is 5.83. The first-order valence-electron chi connectivity index (χ1n) is 8.80. The van der Waals surface area contributed by atoms with Gasteiger partial charge in [-0.25, -0.2) is 0 Å². The lowest BCUT2D eigenvalue weighted by molar-refractivity contribution is -0.126. The molecule has 134 valence electrons. The average molecular weight is 340 g/mol. The molecule has 0 aromatic heterocycles. The van der Waals surface area contributed by atoms with Crippen LogP contribution in [0.15, 0.2) is 54.6 Å². The summed E-state index contributed by atoms with van der Waals surface area (Å²) in [5.74, 6) is 0.813. The number of carbonyl (C=O) groups excluding carboxylic acids is 1. The summed E-state index contributed by atoms with van der Waals surface area (Å²) < 4.78 is 5.83. The molecule has 0 radical (unpaired) electrons. The minimum Gasteiger partial charge on any atom is -0.491 e. The molecule has 2 aromatic carbocycles. The van der Waals surface area contributed by atoms with Crippen molar-refractivity contribution < 1.29 is 9.53 Å². The normalized spacial score (nSPS) is 12.2. The lowest BCUT2D eigenvalue weighted by Crippen LogP contribution is -2.38. The first kappa shape index (κ1) is 19.0. The van der Waals surface area contributed by atoms with Crippen molar-refractivity contribution in [1.82, 2.24) is 10.2 Å². The molecule has 1 unspecified atom stereocenters. The molecule has 25 heavy (non-hydrogen) atoms. The fourth-order valence-corrected chi connectivity index (χ4v) is 2.72. The minimum absolute atomic E-state index is 0.00472. The summed E-state index contributed by atoms with van der Waals surface area (Å²) in [6, 6.07) is 17.4. The molecule has 0 spiro atoms. The molecular formula is C21H28N2O2. The summed E-state index contributed by atoms with van der Waals surface area (Å²) in [7, 11) is 1.97. The highest BCUT2D eigenvalue weighted by Crippen LogP contribution is 2.22. The zero-order valence-corrected chi connectivity index (χ0v) is 15.5. The number of hydrogen-bond donors (Lipinski definition) is 1. The van der Waals surface area contributed by atoms with Gasteiger partial charge in [-0.1, -0.05) is 55.5 Å². The molecule has 4 nitrogen and oxygen atoms in total. The molecular weight excluding hydrogens is 312 g/mol. The van der Waals surface area contributed by atoms with Crippen molar-refractivity contribution in [3.05, 3.63) is 65.7 Å². The highest BCUT2D eigenvalue weighted by atomic mass is 16.5. The molecule has 2 rings (SSSR count). The smallest absolute Gasteiger partial charge is 0.242 e. The number of nitrogens with one attached hydrogen (secondary N) is 1. The molecule has 0 heterocycles. The largest absolute Gasteiger partial charge is 0.491 e. The zero-order valence-electron chi connectivity index (χ0n) is 15.5. The van der Waals surface area contributed by atoms with Gasteiger partial charge in [0, 0.05) is 12.1 Å². The van der Waals surface area contributed by atoms with Crippen molar-refractivity contribution in [2.24, 2.45) is 0 Å². The predicted molar refractivity (Wildman–Crippen MR) is 102 cm³/mol. The first-order chi connectivity index (χ1) is 12.0. The van der Waals surface area contributed by atoms with E-state index in [0.717, 1.165) is 23.4 Å². The Hall–Kier alpha value is -2.33. The van der Waals surface area contributed by atoms with Crippen LogP contribution in [0.3, 0.4) is 0 Å². The standard InChI is InChI=1S/C21H28N2O2/c1-5-23(4)20(17-11-7-6-8-12-17)21(24)22-15-18-13-9-10-14-19(18)25-16(2)3/h6-14,16,20H,5,15H2,1-4H3,(H,22,24). The molecule has 0 aliphatic carbocycles. The van der Waals surface area contributed by atoms with Crippen molar-refractivity contribution in [3.8, 4) is 5.75 Å². The van der Waals surface area contributed by atoms with Crippen LogP contribution in [0.25, 0.3) is 0 Å². The van der Waals surface area contributed by atoms with Gasteiger partial charge in [-0.15, -0.1) is 0 Å². The van der Waals surface area contributed by atoms with Crippen LogP contribution in [0.4, 0.5) is 0 Å². The maximum Gasteiger partial charge on any atom is 0.242 e. The van der Waals surface area contributed by atoms with E-state index in [1.54, 1.807) is 0 Å². The molecule has 4 heteroatoms. The number of para-hydroxylation sites is 1. The second kappa shape index (κ2) is 9.23. The number of amides is 1. The Morgan fingerprint density at radius 3 is 2.36 bits per heavy atom. The number of rotatable bonds is 8. The summed E-state index contributed by atoms with van der Waals surface area (Å²) >= 11 is 0. The number of benzene rings is 2. The van der Waals surface area contributed by atoms with Crippen molar-refractivity contribution in [2.45, 2.75) is 39.5 Å². The molecule has 0 aliphatic rings. The van der Waals surface area contributed by atoms with Gasteiger partial charge in [-0.2, -0.15) is 0 Å². The van der Waals surface area contributed by atoms with Gasteiger partial charge in [-0.3, -0.25) is 9.69 Å². The molecule has 0 aliphatic heterocycles. The Morgan fingerprint density at radius 2 is 1.72 bits per heavy atom. The monoisotopic (exact) mass is 340 g/mol. The second-order valence-corrected chi connectivity index (χ2v) is 6.38. The molecule has 0 saturated carbocycles. The lowest BCUT2D eigenvalue weighted by atomic mass is 10.0. The Kier molecular flexibility index (Phi) is 7.02. The van der Waals surface area contributed by atoms with Gasteiger partial charge < -0.3 is 10.1 Å². The highest BCUT2D eigenvalue weighted by Gasteiger charge is 2.24. The van der Waals surface area contributed by atoms with Crippen LogP contribution in [-0.2, 0) is 11.3 Å². The summed E-state index contributed by atoms with van der Waals surface area (Å²) in [5.41, 5.74) is 1.98. The summed E-state index contributed by atoms with van der Waals surface area (Å²) in [6.45, 7) is 7.28. The van der Waals surface area contributed by atoms with Crippen LogP contribution in [0, 0.1) is 0 Å². The third kappa shape index (κ3) is 5.33. The third-order valence-corrected chi connectivity index (χ3v) is 4.09. The van der Waals surface area contributed by atoms with Crippen LogP contribution >= 0.6 is 0 Å². The Morgan fingerprint density at radius 1 is 1.08 bits per heavy atom. The van der Waals surface area contributed by atoms with Crippen molar-refractivity contribution in [2.75, 3.05) is 13.6 Å². The van der Waals surface area contributed by atoms with Crippen LogP contribution in [-0.4, -0.2) is 30.5 Å². The number of hydrogen-bond acceptors (Lipinski definition) is 3. The van der Waals surface area contributed by atoms with Crippen LogP contribution in [0.5, 0.6) is 5.75 Å². The quantitative estimate of drug-likeness (QED) is 0.795. The molecule has 2 aromatic rings. The molecule has 1 N–H and O–H groups in total. The van der Waals surface area contributed by atoms with Crippen molar-refractivity contribution >= 4 is 5.91 Å². The van der Waals surface area contributed by atoms with E-state index in [1.165, 1.54) is 0 Å². The second-order valence-electron chi connectivity index (χ2n) is 6.38. The molecule has 0 fully saturated rings. The number of nitrogens with zero attached hydrogens (tertiary/aromatic N) is 1. The van der Waals surface area contributed by atoms with Gasteiger partial charge in [0.15, 0.2) is 0 Å². The summed E-state index contributed by atoms with van der Waals surface area (Å²) in [4.78, 5) is 14.9. The van der Waals surface area contributed by atoms with E-state index >= 15 is 0 Å². The topological polar surface area (TPSA) is 41.6 Å². The maximum atomic E-state index is 12.9.